The lowest BCUT2D eigenvalue weighted by atomic mass is 9.93. The fourth-order valence-electron chi connectivity index (χ4n) is 3.76. The van der Waals surface area contributed by atoms with Crippen LogP contribution in [-0.4, -0.2) is 36.8 Å². The number of hydrogen-bond donors (Lipinski definition) is 1. The number of amides is 1. The van der Waals surface area contributed by atoms with Gasteiger partial charge in [0, 0.05) is 24.5 Å². The molecule has 1 atom stereocenters. The molecule has 1 amide bonds. The highest BCUT2D eigenvalue weighted by molar-refractivity contribution is 7.12. The maximum absolute atomic E-state index is 12.4. The van der Waals surface area contributed by atoms with Crippen LogP contribution < -0.4 is 10.1 Å². The summed E-state index contributed by atoms with van der Waals surface area (Å²) in [6.07, 6.45) is 3.61. The van der Waals surface area contributed by atoms with Crippen molar-refractivity contribution in [3.8, 4) is 5.75 Å². The molecular weight excluding hydrogens is 408 g/mol. The Bertz CT molecular complexity index is 867. The lowest BCUT2D eigenvalue weighted by Gasteiger charge is -2.32. The quantitative estimate of drug-likeness (QED) is 0.577. The first-order valence-corrected chi connectivity index (χ1v) is 11.1. The number of likely N-dealkylation sites (tertiary alicyclic amines) is 1. The maximum atomic E-state index is 12.4. The summed E-state index contributed by atoms with van der Waals surface area (Å²) in [7, 11) is 1.57. The van der Waals surface area contributed by atoms with Gasteiger partial charge in [0.15, 0.2) is 5.78 Å². The largest absolute Gasteiger partial charge is 0.495 e. The number of nitrogens with one attached hydrogen (secondary N) is 1. The molecule has 1 saturated heterocycles. The van der Waals surface area contributed by atoms with Crippen molar-refractivity contribution in [2.45, 2.75) is 39.2 Å². The van der Waals surface area contributed by atoms with Crippen molar-refractivity contribution in [1.29, 1.82) is 0 Å². The number of piperidine rings is 1. The summed E-state index contributed by atoms with van der Waals surface area (Å²) in [5.41, 5.74) is 1.81. The molecule has 1 aromatic heterocycles. The van der Waals surface area contributed by atoms with E-state index in [0.717, 1.165) is 43.8 Å². The van der Waals surface area contributed by atoms with Crippen LogP contribution in [0.1, 0.15) is 47.8 Å². The van der Waals surface area contributed by atoms with Gasteiger partial charge < -0.3 is 10.1 Å². The third-order valence-corrected chi connectivity index (χ3v) is 6.54. The summed E-state index contributed by atoms with van der Waals surface area (Å²) >= 11 is 7.54. The molecule has 1 N–H and O–H groups in total. The molecule has 0 spiro atoms. The van der Waals surface area contributed by atoms with Gasteiger partial charge >= 0.3 is 0 Å². The molecule has 29 heavy (non-hydrogen) atoms. The SMILES string of the molecule is COc1ccc(Cl)cc1NC(=O)CC[C@@H]1CCCN(Cc2csc(C(C)=O)c2)C1. The van der Waals surface area contributed by atoms with Crippen LogP contribution in [0.25, 0.3) is 0 Å². The van der Waals surface area contributed by atoms with Gasteiger partial charge in [0.2, 0.25) is 5.91 Å². The van der Waals surface area contributed by atoms with Crippen LogP contribution in [0.4, 0.5) is 5.69 Å². The molecule has 3 rings (SSSR count). The van der Waals surface area contributed by atoms with Gasteiger partial charge in [-0.25, -0.2) is 0 Å². The summed E-state index contributed by atoms with van der Waals surface area (Å²) in [6, 6.07) is 7.19. The van der Waals surface area contributed by atoms with Gasteiger partial charge in [-0.15, -0.1) is 11.3 Å². The average molecular weight is 435 g/mol. The number of halogens is 1. The standard InChI is InChI=1S/C22H27ClN2O3S/c1-15(26)21-10-17(14-29-21)13-25-9-3-4-16(12-25)5-8-22(27)24-19-11-18(23)6-7-20(19)28-2/h6-7,10-11,14,16H,3-5,8-9,12-13H2,1-2H3,(H,24,27)/t16-/m0/s1. The van der Waals surface area contributed by atoms with E-state index in [4.69, 9.17) is 16.3 Å². The van der Waals surface area contributed by atoms with Crippen LogP contribution >= 0.6 is 22.9 Å². The molecule has 0 unspecified atom stereocenters. The Hall–Kier alpha value is -1.89. The molecule has 7 heteroatoms. The number of ketones is 1. The predicted octanol–water partition coefficient (Wildman–Crippen LogP) is 5.24. The first-order chi connectivity index (χ1) is 13.9. The molecule has 156 valence electrons. The lowest BCUT2D eigenvalue weighted by Crippen LogP contribution is -2.35. The van der Waals surface area contributed by atoms with E-state index in [1.54, 1.807) is 32.2 Å². The Balaban J connectivity index is 1.48. The van der Waals surface area contributed by atoms with E-state index in [1.807, 2.05) is 6.07 Å². The zero-order valence-corrected chi connectivity index (χ0v) is 18.4. The van der Waals surface area contributed by atoms with Crippen molar-refractivity contribution in [2.75, 3.05) is 25.5 Å². The predicted molar refractivity (Wildman–Crippen MR) is 118 cm³/mol. The number of anilines is 1. The molecule has 1 aliphatic heterocycles. The van der Waals surface area contributed by atoms with Crippen molar-refractivity contribution < 1.29 is 14.3 Å². The second-order valence-corrected chi connectivity index (χ2v) is 8.90. The Morgan fingerprint density at radius 2 is 2.17 bits per heavy atom. The van der Waals surface area contributed by atoms with Gasteiger partial charge in [-0.1, -0.05) is 11.6 Å². The molecule has 1 aliphatic rings. The third-order valence-electron chi connectivity index (χ3n) is 5.23. The van der Waals surface area contributed by atoms with Gasteiger partial charge in [0.1, 0.15) is 5.75 Å². The highest BCUT2D eigenvalue weighted by Gasteiger charge is 2.21. The highest BCUT2D eigenvalue weighted by Crippen LogP contribution is 2.29. The van der Waals surface area contributed by atoms with Crippen LogP contribution in [0, 0.1) is 5.92 Å². The number of hydrogen-bond acceptors (Lipinski definition) is 5. The molecule has 0 saturated carbocycles. The molecular formula is C22H27ClN2O3S. The smallest absolute Gasteiger partial charge is 0.224 e. The van der Waals surface area contributed by atoms with E-state index in [1.165, 1.54) is 16.9 Å². The molecule has 2 heterocycles. The number of methoxy groups -OCH3 is 1. The molecule has 0 aliphatic carbocycles. The number of Topliss-reactive ketones (excluding diaryl/α,β-unsaturated/α-hetero) is 1. The molecule has 0 bridgehead atoms. The highest BCUT2D eigenvalue weighted by atomic mass is 35.5. The average Bonchev–Trinajstić information content (AvgIpc) is 3.16. The second kappa shape index (κ2) is 10.2. The first kappa shape index (κ1) is 21.8. The van der Waals surface area contributed by atoms with Gasteiger partial charge in [-0.2, -0.15) is 0 Å². The topological polar surface area (TPSA) is 58.6 Å². The summed E-state index contributed by atoms with van der Waals surface area (Å²) in [4.78, 5) is 27.2. The maximum Gasteiger partial charge on any atom is 0.224 e. The molecule has 1 fully saturated rings. The minimum absolute atomic E-state index is 0.0216. The van der Waals surface area contributed by atoms with E-state index in [0.29, 0.717) is 28.8 Å². The van der Waals surface area contributed by atoms with E-state index < -0.39 is 0 Å². The minimum Gasteiger partial charge on any atom is -0.495 e. The Morgan fingerprint density at radius 3 is 2.90 bits per heavy atom. The fourth-order valence-corrected chi connectivity index (χ4v) is 4.74. The summed E-state index contributed by atoms with van der Waals surface area (Å²) in [6.45, 7) is 4.52. The van der Waals surface area contributed by atoms with Gasteiger partial charge in [0.05, 0.1) is 17.7 Å². The summed E-state index contributed by atoms with van der Waals surface area (Å²) < 4.78 is 5.28. The number of thiophene rings is 1. The van der Waals surface area contributed by atoms with E-state index in [-0.39, 0.29) is 11.7 Å². The lowest BCUT2D eigenvalue weighted by molar-refractivity contribution is -0.116. The zero-order chi connectivity index (χ0) is 20.8. The fraction of sp³-hybridized carbons (Fsp3) is 0.455. The molecule has 1 aromatic carbocycles. The normalized spacial score (nSPS) is 17.1. The third kappa shape index (κ3) is 6.29. The van der Waals surface area contributed by atoms with Gasteiger partial charge in [0.25, 0.3) is 0 Å². The first-order valence-electron chi connectivity index (χ1n) is 9.88. The van der Waals surface area contributed by atoms with Crippen LogP contribution in [0.5, 0.6) is 5.75 Å². The number of carbonyl (C=O) groups excluding carboxylic acids is 2. The Kier molecular flexibility index (Phi) is 7.70. The number of ether oxygens (including phenoxy) is 1. The van der Waals surface area contributed by atoms with Crippen molar-refractivity contribution in [3.05, 3.63) is 45.1 Å². The van der Waals surface area contributed by atoms with Crippen LogP contribution in [0.2, 0.25) is 5.02 Å². The number of nitrogens with zero attached hydrogens (tertiary/aromatic N) is 1. The molecule has 0 radical (unpaired) electrons. The Labute approximate surface area is 181 Å². The van der Waals surface area contributed by atoms with Crippen LogP contribution in [-0.2, 0) is 11.3 Å². The van der Waals surface area contributed by atoms with Crippen LogP contribution in [0.3, 0.4) is 0 Å². The van der Waals surface area contributed by atoms with Crippen molar-refractivity contribution in [2.24, 2.45) is 5.92 Å². The number of benzene rings is 1. The monoisotopic (exact) mass is 434 g/mol. The zero-order valence-electron chi connectivity index (χ0n) is 16.9. The summed E-state index contributed by atoms with van der Waals surface area (Å²) in [5, 5.41) is 5.55. The van der Waals surface area contributed by atoms with E-state index in [9.17, 15) is 9.59 Å². The molecule has 2 aromatic rings. The minimum atomic E-state index is -0.0216. The van der Waals surface area contributed by atoms with E-state index in [2.05, 4.69) is 15.6 Å². The number of carbonyl (C=O) groups is 2. The van der Waals surface area contributed by atoms with Crippen LogP contribution in [0.15, 0.2) is 29.6 Å². The summed E-state index contributed by atoms with van der Waals surface area (Å²) in [5.74, 6) is 1.21. The van der Waals surface area contributed by atoms with Crippen molar-refractivity contribution >= 4 is 40.3 Å². The Morgan fingerprint density at radius 1 is 1.34 bits per heavy atom. The second-order valence-electron chi connectivity index (χ2n) is 7.55. The van der Waals surface area contributed by atoms with Gasteiger partial charge in [-0.3, -0.25) is 14.5 Å². The molecule has 5 nitrogen and oxygen atoms in total. The van der Waals surface area contributed by atoms with Crippen molar-refractivity contribution in [1.82, 2.24) is 4.90 Å². The van der Waals surface area contributed by atoms with E-state index >= 15 is 0 Å². The number of rotatable bonds is 8. The van der Waals surface area contributed by atoms with Crippen molar-refractivity contribution in [3.63, 3.8) is 0 Å². The van der Waals surface area contributed by atoms with Gasteiger partial charge in [-0.05, 0) is 73.9 Å².